The molecule has 2 aliphatic rings. The summed E-state index contributed by atoms with van der Waals surface area (Å²) in [6.45, 7) is 9.86. The number of hydrogen-bond donors (Lipinski definition) is 0. The van der Waals surface area contributed by atoms with Gasteiger partial charge in [0.1, 0.15) is 12.4 Å². The van der Waals surface area contributed by atoms with Crippen molar-refractivity contribution in [3.05, 3.63) is 35.9 Å². The van der Waals surface area contributed by atoms with Gasteiger partial charge in [-0.05, 0) is 78.4 Å². The number of amides is 1. The highest BCUT2D eigenvalue weighted by Crippen LogP contribution is 2.36. The van der Waals surface area contributed by atoms with E-state index >= 15 is 0 Å². The second-order valence-electron chi connectivity index (χ2n) is 9.38. The van der Waals surface area contributed by atoms with Gasteiger partial charge in [-0.2, -0.15) is 0 Å². The van der Waals surface area contributed by atoms with Gasteiger partial charge in [0.2, 0.25) is 11.8 Å². The molecule has 2 aromatic rings. The van der Waals surface area contributed by atoms with Gasteiger partial charge >= 0.3 is 6.09 Å². The maximum absolute atomic E-state index is 12.9. The van der Waals surface area contributed by atoms with Gasteiger partial charge in [-0.25, -0.2) is 14.8 Å². The number of likely N-dealkylation sites (tertiary alicyclic amines) is 1. The molecule has 3 heterocycles. The van der Waals surface area contributed by atoms with Crippen LogP contribution < -0.4 is 9.47 Å². The Morgan fingerprint density at radius 3 is 2.61 bits per heavy atom. The van der Waals surface area contributed by atoms with Gasteiger partial charge in [0.05, 0.1) is 17.4 Å². The molecule has 1 aliphatic heterocycles. The van der Waals surface area contributed by atoms with Crippen molar-refractivity contribution in [2.24, 2.45) is 5.92 Å². The first kappa shape index (κ1) is 23.3. The molecule has 1 saturated carbocycles. The molecule has 0 spiro atoms. The molecule has 4 rings (SSSR count). The topological polar surface area (TPSA) is 86.7 Å². The van der Waals surface area contributed by atoms with E-state index in [1.54, 1.807) is 6.20 Å². The standard InChI is InChI=1S/C25H34N4O4/c1-15-8-11-21(29(15)25(30)32-19(5)20-9-10-20)13-16(2)31-23-17(3)24(28-14-27-23)33-22-7-6-12-26-18(22)4/h6-7,12,14-16,19-21H,8-11,13H2,1-5H3/t15?,16-,19?,21?/m1/s1. The summed E-state index contributed by atoms with van der Waals surface area (Å²) in [6, 6.07) is 3.93. The summed E-state index contributed by atoms with van der Waals surface area (Å²) in [6.07, 6.45) is 7.75. The fourth-order valence-corrected chi connectivity index (χ4v) is 4.46. The molecule has 178 valence electrons. The molecule has 2 aromatic heterocycles. The molecule has 2 fully saturated rings. The van der Waals surface area contributed by atoms with Crippen LogP contribution in [-0.4, -0.2) is 50.2 Å². The summed E-state index contributed by atoms with van der Waals surface area (Å²) >= 11 is 0. The molecule has 1 aliphatic carbocycles. The van der Waals surface area contributed by atoms with E-state index in [0.29, 0.717) is 29.8 Å². The van der Waals surface area contributed by atoms with Crippen LogP contribution in [0.4, 0.5) is 4.79 Å². The first-order valence-electron chi connectivity index (χ1n) is 11.9. The predicted molar refractivity (Wildman–Crippen MR) is 124 cm³/mol. The zero-order valence-corrected chi connectivity index (χ0v) is 20.2. The lowest BCUT2D eigenvalue weighted by Gasteiger charge is -2.30. The van der Waals surface area contributed by atoms with E-state index in [1.165, 1.54) is 6.33 Å². The van der Waals surface area contributed by atoms with Gasteiger partial charge in [0.25, 0.3) is 0 Å². The van der Waals surface area contributed by atoms with E-state index in [0.717, 1.165) is 36.9 Å². The summed E-state index contributed by atoms with van der Waals surface area (Å²) in [5.41, 5.74) is 1.51. The lowest BCUT2D eigenvalue weighted by Crippen LogP contribution is -2.43. The van der Waals surface area contributed by atoms with Crippen molar-refractivity contribution in [3.8, 4) is 17.5 Å². The van der Waals surface area contributed by atoms with E-state index in [2.05, 4.69) is 21.9 Å². The zero-order chi connectivity index (χ0) is 23.5. The summed E-state index contributed by atoms with van der Waals surface area (Å²) in [5.74, 6) is 2.10. The Hall–Kier alpha value is -2.90. The third-order valence-corrected chi connectivity index (χ3v) is 6.64. The minimum atomic E-state index is -0.197. The molecule has 8 heteroatoms. The molecule has 4 atom stereocenters. The highest BCUT2D eigenvalue weighted by molar-refractivity contribution is 5.69. The summed E-state index contributed by atoms with van der Waals surface area (Å²) in [7, 11) is 0. The summed E-state index contributed by atoms with van der Waals surface area (Å²) in [5, 5.41) is 0. The second-order valence-corrected chi connectivity index (χ2v) is 9.38. The summed E-state index contributed by atoms with van der Waals surface area (Å²) in [4.78, 5) is 27.6. The molecule has 0 bridgehead atoms. The minimum Gasteiger partial charge on any atom is -0.474 e. The van der Waals surface area contributed by atoms with Crippen LogP contribution in [0.1, 0.15) is 64.1 Å². The van der Waals surface area contributed by atoms with E-state index in [1.807, 2.05) is 44.7 Å². The third kappa shape index (κ3) is 5.54. The van der Waals surface area contributed by atoms with Crippen LogP contribution in [0.25, 0.3) is 0 Å². The third-order valence-electron chi connectivity index (χ3n) is 6.64. The fourth-order valence-electron chi connectivity index (χ4n) is 4.46. The molecule has 33 heavy (non-hydrogen) atoms. The molecule has 0 aromatic carbocycles. The van der Waals surface area contributed by atoms with Crippen LogP contribution in [0.15, 0.2) is 24.7 Å². The van der Waals surface area contributed by atoms with E-state index in [-0.39, 0.29) is 30.4 Å². The average Bonchev–Trinajstić information content (AvgIpc) is 3.56. The van der Waals surface area contributed by atoms with Crippen LogP contribution in [0, 0.1) is 19.8 Å². The van der Waals surface area contributed by atoms with Crippen molar-refractivity contribution < 1.29 is 19.0 Å². The van der Waals surface area contributed by atoms with E-state index in [9.17, 15) is 4.79 Å². The van der Waals surface area contributed by atoms with Crippen LogP contribution in [0.3, 0.4) is 0 Å². The Bertz CT molecular complexity index is 981. The lowest BCUT2D eigenvalue weighted by atomic mass is 10.1. The Labute approximate surface area is 195 Å². The number of hydrogen-bond acceptors (Lipinski definition) is 7. The zero-order valence-electron chi connectivity index (χ0n) is 20.2. The van der Waals surface area contributed by atoms with Gasteiger partial charge in [0, 0.05) is 24.7 Å². The lowest BCUT2D eigenvalue weighted by molar-refractivity contribution is 0.0431. The van der Waals surface area contributed by atoms with Crippen LogP contribution in [0.5, 0.6) is 17.5 Å². The van der Waals surface area contributed by atoms with Gasteiger partial charge in [0.15, 0.2) is 5.75 Å². The Morgan fingerprint density at radius 2 is 1.88 bits per heavy atom. The fraction of sp³-hybridized carbons (Fsp3) is 0.600. The number of rotatable bonds is 8. The van der Waals surface area contributed by atoms with Gasteiger partial charge in [-0.15, -0.1) is 0 Å². The number of carbonyl (C=O) groups is 1. The smallest absolute Gasteiger partial charge is 0.410 e. The minimum absolute atomic E-state index is 0.00911. The molecular formula is C25H34N4O4. The maximum atomic E-state index is 12.9. The van der Waals surface area contributed by atoms with Crippen molar-refractivity contribution in [2.75, 3.05) is 0 Å². The first-order chi connectivity index (χ1) is 15.8. The highest BCUT2D eigenvalue weighted by Gasteiger charge is 2.39. The number of carbonyl (C=O) groups excluding carboxylic acids is 1. The molecule has 8 nitrogen and oxygen atoms in total. The summed E-state index contributed by atoms with van der Waals surface area (Å²) < 4.78 is 17.9. The van der Waals surface area contributed by atoms with Crippen LogP contribution in [0.2, 0.25) is 0 Å². The van der Waals surface area contributed by atoms with Crippen LogP contribution in [-0.2, 0) is 4.74 Å². The van der Waals surface area contributed by atoms with Crippen molar-refractivity contribution in [1.82, 2.24) is 19.9 Å². The molecule has 3 unspecified atom stereocenters. The van der Waals surface area contributed by atoms with E-state index in [4.69, 9.17) is 14.2 Å². The number of pyridine rings is 1. The van der Waals surface area contributed by atoms with Crippen LogP contribution >= 0.6 is 0 Å². The maximum Gasteiger partial charge on any atom is 0.410 e. The molecule has 1 amide bonds. The normalized spacial score (nSPS) is 22.0. The average molecular weight is 455 g/mol. The Kier molecular flexibility index (Phi) is 7.00. The van der Waals surface area contributed by atoms with Gasteiger partial charge in [-0.3, -0.25) is 4.98 Å². The quantitative estimate of drug-likeness (QED) is 0.540. The number of nitrogens with zero attached hydrogens (tertiary/aromatic N) is 4. The molecular weight excluding hydrogens is 420 g/mol. The van der Waals surface area contributed by atoms with Crippen molar-refractivity contribution in [3.63, 3.8) is 0 Å². The van der Waals surface area contributed by atoms with E-state index < -0.39 is 0 Å². The molecule has 0 radical (unpaired) electrons. The second kappa shape index (κ2) is 9.93. The molecule has 0 N–H and O–H groups in total. The predicted octanol–water partition coefficient (Wildman–Crippen LogP) is 5.23. The Morgan fingerprint density at radius 1 is 1.12 bits per heavy atom. The monoisotopic (exact) mass is 454 g/mol. The van der Waals surface area contributed by atoms with Gasteiger partial charge in [-0.1, -0.05) is 0 Å². The van der Waals surface area contributed by atoms with Crippen molar-refractivity contribution in [2.45, 2.75) is 91.0 Å². The first-order valence-corrected chi connectivity index (χ1v) is 11.9. The highest BCUT2D eigenvalue weighted by atomic mass is 16.6. The molecule has 1 saturated heterocycles. The van der Waals surface area contributed by atoms with Gasteiger partial charge < -0.3 is 19.1 Å². The number of ether oxygens (including phenoxy) is 3. The van der Waals surface area contributed by atoms with Crippen molar-refractivity contribution in [1.29, 1.82) is 0 Å². The number of aromatic nitrogens is 3. The largest absolute Gasteiger partial charge is 0.474 e. The Balaban J connectivity index is 1.39. The van der Waals surface area contributed by atoms with Crippen molar-refractivity contribution >= 4 is 6.09 Å². The SMILES string of the molecule is Cc1ncccc1Oc1ncnc(O[C@H](C)CC2CCC(C)N2C(=O)OC(C)C2CC2)c1C. The number of aryl methyl sites for hydroxylation is 1.